The first kappa shape index (κ1) is 15.8. The molecule has 114 valence electrons. The molecule has 0 aromatic heterocycles. The summed E-state index contributed by atoms with van der Waals surface area (Å²) < 4.78 is 0. The van der Waals surface area contributed by atoms with E-state index in [0.29, 0.717) is 12.2 Å². The van der Waals surface area contributed by atoms with E-state index in [1.54, 1.807) is 23.9 Å². The molecule has 0 spiro atoms. The normalized spacial score (nSPS) is 15.5. The topological polar surface area (TPSA) is 63.4 Å². The average Bonchev–Trinajstić information content (AvgIpc) is 2.77. The van der Waals surface area contributed by atoms with Gasteiger partial charge in [-0.1, -0.05) is 12.8 Å². The van der Waals surface area contributed by atoms with Gasteiger partial charge < -0.3 is 4.90 Å². The Kier molecular flexibility index (Phi) is 6.04. The average molecular weight is 308 g/mol. The third-order valence-corrected chi connectivity index (χ3v) is 4.60. The molecule has 0 unspecified atom stereocenters. The summed E-state index contributed by atoms with van der Waals surface area (Å²) in [4.78, 5) is 25.2. The zero-order chi connectivity index (χ0) is 15.1. The van der Waals surface area contributed by atoms with E-state index in [1.165, 1.54) is 25.0 Å². The van der Waals surface area contributed by atoms with Crippen molar-refractivity contribution in [1.82, 2.24) is 4.90 Å². The van der Waals surface area contributed by atoms with Crippen LogP contribution < -0.4 is 0 Å². The third-order valence-electron chi connectivity index (χ3n) is 3.59. The smallest absolute Gasteiger partial charge is 0.269 e. The Morgan fingerprint density at radius 1 is 1.14 bits per heavy atom. The summed E-state index contributed by atoms with van der Waals surface area (Å²) in [6.07, 6.45) is 5.20. The molecule has 1 heterocycles. The lowest BCUT2D eigenvalue weighted by Crippen LogP contribution is -2.31. The number of carbonyl (C=O) groups is 1. The predicted octanol–water partition coefficient (Wildman–Crippen LogP) is 3.48. The van der Waals surface area contributed by atoms with Crippen LogP contribution in [0, 0.1) is 10.1 Å². The van der Waals surface area contributed by atoms with Gasteiger partial charge in [-0.15, -0.1) is 11.8 Å². The van der Waals surface area contributed by atoms with Gasteiger partial charge in [0.2, 0.25) is 5.91 Å². The van der Waals surface area contributed by atoms with Crippen molar-refractivity contribution in [2.75, 3.05) is 18.8 Å². The standard InChI is InChI=1S/C15H20N2O3S/c18-15(16-10-3-1-2-4-11-16)9-12-21-14-7-5-13(6-8-14)17(19)20/h5-8H,1-4,9-12H2. The fourth-order valence-electron chi connectivity index (χ4n) is 2.40. The van der Waals surface area contributed by atoms with Crippen LogP contribution in [0.5, 0.6) is 0 Å². The number of non-ortho nitro benzene ring substituents is 1. The quantitative estimate of drug-likeness (QED) is 0.474. The Morgan fingerprint density at radius 3 is 2.33 bits per heavy atom. The van der Waals surface area contributed by atoms with Gasteiger partial charge in [-0.2, -0.15) is 0 Å². The van der Waals surface area contributed by atoms with Crippen molar-refractivity contribution in [3.05, 3.63) is 34.4 Å². The first-order valence-electron chi connectivity index (χ1n) is 7.32. The van der Waals surface area contributed by atoms with Crippen molar-refractivity contribution in [2.45, 2.75) is 37.0 Å². The number of hydrogen-bond acceptors (Lipinski definition) is 4. The van der Waals surface area contributed by atoms with Crippen molar-refractivity contribution in [2.24, 2.45) is 0 Å². The number of nitro benzene ring substituents is 1. The molecule has 2 rings (SSSR count). The summed E-state index contributed by atoms with van der Waals surface area (Å²) in [6.45, 7) is 1.78. The van der Waals surface area contributed by atoms with Crippen LogP contribution in [0.2, 0.25) is 0 Å². The molecule has 0 aliphatic carbocycles. The highest BCUT2D eigenvalue weighted by molar-refractivity contribution is 7.99. The lowest BCUT2D eigenvalue weighted by atomic mass is 10.2. The van der Waals surface area contributed by atoms with Crippen molar-refractivity contribution in [1.29, 1.82) is 0 Å². The maximum Gasteiger partial charge on any atom is 0.269 e. The van der Waals surface area contributed by atoms with Crippen LogP contribution in [0.1, 0.15) is 32.1 Å². The second kappa shape index (κ2) is 8.02. The minimum Gasteiger partial charge on any atom is -0.343 e. The Balaban J connectivity index is 1.75. The van der Waals surface area contributed by atoms with Gasteiger partial charge in [0.15, 0.2) is 0 Å². The van der Waals surface area contributed by atoms with Gasteiger partial charge >= 0.3 is 0 Å². The molecular weight excluding hydrogens is 288 g/mol. The maximum absolute atomic E-state index is 12.1. The van der Waals surface area contributed by atoms with E-state index in [1.807, 2.05) is 4.90 Å². The fraction of sp³-hybridized carbons (Fsp3) is 0.533. The molecule has 0 atom stereocenters. The minimum atomic E-state index is -0.405. The van der Waals surface area contributed by atoms with E-state index in [2.05, 4.69) is 0 Å². The number of hydrogen-bond donors (Lipinski definition) is 0. The van der Waals surface area contributed by atoms with Gasteiger partial charge in [0, 0.05) is 42.3 Å². The Hall–Kier alpha value is -1.56. The molecule has 1 amide bonds. The van der Waals surface area contributed by atoms with Gasteiger partial charge in [-0.05, 0) is 25.0 Å². The van der Waals surface area contributed by atoms with Crippen LogP contribution in [-0.2, 0) is 4.79 Å². The molecule has 1 fully saturated rings. The number of likely N-dealkylation sites (tertiary alicyclic amines) is 1. The van der Waals surface area contributed by atoms with E-state index in [0.717, 1.165) is 30.8 Å². The number of rotatable bonds is 5. The molecule has 0 radical (unpaired) electrons. The maximum atomic E-state index is 12.1. The van der Waals surface area contributed by atoms with Crippen LogP contribution >= 0.6 is 11.8 Å². The van der Waals surface area contributed by atoms with Crippen molar-refractivity contribution < 1.29 is 9.72 Å². The lowest BCUT2D eigenvalue weighted by Gasteiger charge is -2.20. The number of carbonyl (C=O) groups excluding carboxylic acids is 1. The first-order valence-corrected chi connectivity index (χ1v) is 8.30. The van der Waals surface area contributed by atoms with Crippen LogP contribution in [0.4, 0.5) is 5.69 Å². The number of benzene rings is 1. The van der Waals surface area contributed by atoms with Crippen LogP contribution in [0.3, 0.4) is 0 Å². The summed E-state index contributed by atoms with van der Waals surface area (Å²) >= 11 is 1.57. The number of nitro groups is 1. The second-order valence-electron chi connectivity index (χ2n) is 5.14. The van der Waals surface area contributed by atoms with Gasteiger partial charge in [-0.3, -0.25) is 14.9 Å². The first-order chi connectivity index (χ1) is 10.2. The fourth-order valence-corrected chi connectivity index (χ4v) is 3.24. The SMILES string of the molecule is O=C(CCSc1ccc([N+](=O)[O-])cc1)N1CCCCCC1. The molecule has 1 aromatic carbocycles. The molecule has 0 N–H and O–H groups in total. The molecular formula is C15H20N2O3S. The molecule has 1 saturated heterocycles. The van der Waals surface area contributed by atoms with Gasteiger partial charge in [0.05, 0.1) is 4.92 Å². The summed E-state index contributed by atoms with van der Waals surface area (Å²) in [5, 5.41) is 10.6. The molecule has 6 heteroatoms. The summed E-state index contributed by atoms with van der Waals surface area (Å²) in [5.41, 5.74) is 0.0972. The van der Waals surface area contributed by atoms with Gasteiger partial charge in [-0.25, -0.2) is 0 Å². The highest BCUT2D eigenvalue weighted by Gasteiger charge is 2.15. The number of nitrogens with zero attached hydrogens (tertiary/aromatic N) is 2. The van der Waals surface area contributed by atoms with Gasteiger partial charge in [0.25, 0.3) is 5.69 Å². The number of amides is 1. The van der Waals surface area contributed by atoms with Crippen LogP contribution in [-0.4, -0.2) is 34.6 Å². The van der Waals surface area contributed by atoms with E-state index in [-0.39, 0.29) is 11.6 Å². The Labute approximate surface area is 128 Å². The van der Waals surface area contributed by atoms with Crippen LogP contribution in [0.15, 0.2) is 29.2 Å². The minimum absolute atomic E-state index is 0.0972. The second-order valence-corrected chi connectivity index (χ2v) is 6.31. The zero-order valence-electron chi connectivity index (χ0n) is 12.0. The molecule has 0 saturated carbocycles. The summed E-state index contributed by atoms with van der Waals surface area (Å²) in [5.74, 6) is 0.943. The largest absolute Gasteiger partial charge is 0.343 e. The molecule has 21 heavy (non-hydrogen) atoms. The van der Waals surface area contributed by atoms with Crippen molar-refractivity contribution in [3.63, 3.8) is 0 Å². The zero-order valence-corrected chi connectivity index (χ0v) is 12.8. The summed E-state index contributed by atoms with van der Waals surface area (Å²) in [7, 11) is 0. The van der Waals surface area contributed by atoms with Crippen molar-refractivity contribution in [3.8, 4) is 0 Å². The Bertz CT molecular complexity index is 482. The molecule has 5 nitrogen and oxygen atoms in total. The molecule has 1 aliphatic rings. The van der Waals surface area contributed by atoms with E-state index < -0.39 is 4.92 Å². The van der Waals surface area contributed by atoms with Crippen LogP contribution in [0.25, 0.3) is 0 Å². The summed E-state index contributed by atoms with van der Waals surface area (Å²) in [6, 6.07) is 6.47. The highest BCUT2D eigenvalue weighted by Crippen LogP contribution is 2.22. The molecule has 1 aliphatic heterocycles. The third kappa shape index (κ3) is 5.04. The van der Waals surface area contributed by atoms with E-state index in [4.69, 9.17) is 0 Å². The predicted molar refractivity (Wildman–Crippen MR) is 83.5 cm³/mol. The van der Waals surface area contributed by atoms with Crippen molar-refractivity contribution >= 4 is 23.4 Å². The highest BCUT2D eigenvalue weighted by atomic mass is 32.2. The molecule has 0 bridgehead atoms. The van der Waals surface area contributed by atoms with E-state index in [9.17, 15) is 14.9 Å². The monoisotopic (exact) mass is 308 g/mol. The molecule has 1 aromatic rings. The lowest BCUT2D eigenvalue weighted by molar-refractivity contribution is -0.384. The Morgan fingerprint density at radius 2 is 1.76 bits per heavy atom. The van der Waals surface area contributed by atoms with Gasteiger partial charge in [0.1, 0.15) is 0 Å². The van der Waals surface area contributed by atoms with E-state index >= 15 is 0 Å². The number of thioether (sulfide) groups is 1.